The van der Waals surface area contributed by atoms with Crippen LogP contribution in [-0.2, 0) is 4.79 Å². The van der Waals surface area contributed by atoms with Crippen molar-refractivity contribution in [2.75, 3.05) is 0 Å². The third-order valence-corrected chi connectivity index (χ3v) is 4.69. The van der Waals surface area contributed by atoms with E-state index in [0.29, 0.717) is 6.42 Å². The van der Waals surface area contributed by atoms with Crippen LogP contribution < -0.4 is 15.7 Å². The first-order chi connectivity index (χ1) is 8.81. The Morgan fingerprint density at radius 3 is 1.78 bits per heavy atom. The van der Waals surface area contributed by atoms with E-state index in [2.05, 4.69) is 29.4 Å². The molecule has 2 nitrogen and oxygen atoms in total. The van der Waals surface area contributed by atoms with Gasteiger partial charge >= 0.3 is 0 Å². The lowest BCUT2D eigenvalue weighted by Crippen LogP contribution is -2.27. The van der Waals surface area contributed by atoms with Gasteiger partial charge in [0.25, 0.3) is 0 Å². The van der Waals surface area contributed by atoms with Gasteiger partial charge in [-0.05, 0) is 0 Å². The van der Waals surface area contributed by atoms with E-state index in [1.54, 1.807) is 0 Å². The van der Waals surface area contributed by atoms with Gasteiger partial charge in [0.05, 0.1) is 8.07 Å². The number of hydrogen-bond donors (Lipinski definition) is 1. The molecule has 0 aliphatic rings. The fourth-order valence-electron chi connectivity index (χ4n) is 1.64. The average Bonchev–Trinajstić information content (AvgIpc) is 2.46. The lowest BCUT2D eigenvalue weighted by molar-refractivity contribution is -0.118. The minimum absolute atomic E-state index is 0.0915. The smallest absolute Gasteiger partial charge is 0.223 e. The maximum atomic E-state index is 11.7. The molecule has 1 N–H and O–H groups in total. The van der Waals surface area contributed by atoms with Crippen LogP contribution in [0.15, 0.2) is 60.7 Å². The summed E-state index contributed by atoms with van der Waals surface area (Å²) in [6.07, 6.45) is 0.512. The van der Waals surface area contributed by atoms with Crippen molar-refractivity contribution in [3.8, 4) is 0 Å². The van der Waals surface area contributed by atoms with E-state index in [1.807, 2.05) is 43.3 Å². The SMILES string of the molecule is CCC(=O)NP(c1ccccc1)c1ccccc1. The molecule has 0 heterocycles. The summed E-state index contributed by atoms with van der Waals surface area (Å²) in [6, 6.07) is 20.3. The quantitative estimate of drug-likeness (QED) is 0.838. The molecule has 18 heavy (non-hydrogen) atoms. The Morgan fingerprint density at radius 2 is 1.39 bits per heavy atom. The molecule has 1 amide bonds. The minimum atomic E-state index is -0.796. The summed E-state index contributed by atoms with van der Waals surface area (Å²) in [5.74, 6) is 0.0915. The van der Waals surface area contributed by atoms with Crippen molar-refractivity contribution in [2.45, 2.75) is 13.3 Å². The third kappa shape index (κ3) is 3.18. The predicted octanol–water partition coefficient (Wildman–Crippen LogP) is 2.56. The molecular formula is C15H16NOP. The van der Waals surface area contributed by atoms with Crippen molar-refractivity contribution < 1.29 is 4.79 Å². The molecule has 0 fully saturated rings. The van der Waals surface area contributed by atoms with Gasteiger partial charge in [-0.15, -0.1) is 0 Å². The highest BCUT2D eigenvalue weighted by Gasteiger charge is 2.15. The molecule has 0 atom stereocenters. The Balaban J connectivity index is 2.32. The van der Waals surface area contributed by atoms with Crippen LogP contribution in [0.3, 0.4) is 0 Å². The van der Waals surface area contributed by atoms with Gasteiger partial charge in [0.2, 0.25) is 5.91 Å². The number of nitrogens with one attached hydrogen (secondary N) is 1. The van der Waals surface area contributed by atoms with Gasteiger partial charge < -0.3 is 5.09 Å². The zero-order valence-corrected chi connectivity index (χ0v) is 11.2. The molecule has 0 bridgehead atoms. The van der Waals surface area contributed by atoms with Crippen molar-refractivity contribution in [3.63, 3.8) is 0 Å². The van der Waals surface area contributed by atoms with Gasteiger partial charge in [0.1, 0.15) is 0 Å². The van der Waals surface area contributed by atoms with Gasteiger partial charge in [0.15, 0.2) is 0 Å². The van der Waals surface area contributed by atoms with Crippen molar-refractivity contribution >= 4 is 24.6 Å². The van der Waals surface area contributed by atoms with Gasteiger partial charge in [-0.25, -0.2) is 0 Å². The Bertz CT molecular complexity index is 459. The van der Waals surface area contributed by atoms with Crippen LogP contribution in [0.25, 0.3) is 0 Å². The highest BCUT2D eigenvalue weighted by atomic mass is 31.1. The summed E-state index contributed by atoms with van der Waals surface area (Å²) in [5.41, 5.74) is 0. The largest absolute Gasteiger partial charge is 0.327 e. The van der Waals surface area contributed by atoms with Crippen LogP contribution in [0.1, 0.15) is 13.3 Å². The lowest BCUT2D eigenvalue weighted by atomic mass is 10.4. The molecule has 0 saturated heterocycles. The van der Waals surface area contributed by atoms with Crippen molar-refractivity contribution in [3.05, 3.63) is 60.7 Å². The summed E-state index contributed by atoms with van der Waals surface area (Å²) >= 11 is 0. The maximum absolute atomic E-state index is 11.7. The summed E-state index contributed by atoms with van der Waals surface area (Å²) < 4.78 is 0. The van der Waals surface area contributed by atoms with E-state index in [1.165, 1.54) is 10.6 Å². The Kier molecular flexibility index (Phi) is 4.49. The highest BCUT2D eigenvalue weighted by molar-refractivity contribution is 7.71. The molecule has 3 heteroatoms. The van der Waals surface area contributed by atoms with Crippen molar-refractivity contribution in [2.24, 2.45) is 0 Å². The van der Waals surface area contributed by atoms with Crippen LogP contribution in [-0.4, -0.2) is 5.91 Å². The monoisotopic (exact) mass is 257 g/mol. The number of hydrogen-bond acceptors (Lipinski definition) is 1. The van der Waals surface area contributed by atoms with Crippen LogP contribution in [0, 0.1) is 0 Å². The lowest BCUT2D eigenvalue weighted by Gasteiger charge is -2.19. The van der Waals surface area contributed by atoms with Gasteiger partial charge in [-0.2, -0.15) is 0 Å². The average molecular weight is 257 g/mol. The molecule has 0 radical (unpaired) electrons. The van der Waals surface area contributed by atoms with Crippen molar-refractivity contribution in [1.82, 2.24) is 5.09 Å². The van der Waals surface area contributed by atoms with E-state index >= 15 is 0 Å². The summed E-state index contributed by atoms with van der Waals surface area (Å²) in [4.78, 5) is 11.7. The molecule has 0 aromatic heterocycles. The zero-order valence-electron chi connectivity index (χ0n) is 10.3. The first-order valence-electron chi connectivity index (χ1n) is 6.01. The molecular weight excluding hydrogens is 241 g/mol. The molecule has 0 aliphatic heterocycles. The fraction of sp³-hybridized carbons (Fsp3) is 0.133. The molecule has 0 unspecified atom stereocenters. The Morgan fingerprint density at radius 1 is 0.944 bits per heavy atom. The van der Waals surface area contributed by atoms with Crippen LogP contribution in [0.4, 0.5) is 0 Å². The Hall–Kier alpha value is -1.66. The van der Waals surface area contributed by atoms with E-state index in [-0.39, 0.29) is 5.91 Å². The molecule has 0 spiro atoms. The maximum Gasteiger partial charge on any atom is 0.223 e. The van der Waals surface area contributed by atoms with E-state index < -0.39 is 8.07 Å². The number of rotatable bonds is 4. The Labute approximate surface area is 109 Å². The summed E-state index contributed by atoms with van der Waals surface area (Å²) in [6.45, 7) is 1.87. The van der Waals surface area contributed by atoms with Crippen LogP contribution in [0.5, 0.6) is 0 Å². The molecule has 0 aliphatic carbocycles. The first kappa shape index (κ1) is 12.8. The topological polar surface area (TPSA) is 29.1 Å². The van der Waals surface area contributed by atoms with Crippen molar-refractivity contribution in [1.29, 1.82) is 0 Å². The summed E-state index contributed by atoms with van der Waals surface area (Å²) in [7, 11) is -0.796. The van der Waals surface area contributed by atoms with Gasteiger partial charge in [-0.1, -0.05) is 67.6 Å². The molecule has 2 aromatic rings. The standard InChI is InChI=1S/C15H16NOP/c1-2-15(17)16-18(13-9-5-3-6-10-13)14-11-7-4-8-12-14/h3-12H,2H2,1H3,(H,16,17). The normalized spacial score (nSPS) is 10.3. The van der Waals surface area contributed by atoms with Crippen LogP contribution >= 0.6 is 8.07 Å². The highest BCUT2D eigenvalue weighted by Crippen LogP contribution is 2.28. The molecule has 2 rings (SSSR count). The number of carbonyl (C=O) groups excluding carboxylic acids is 1. The third-order valence-electron chi connectivity index (χ3n) is 2.59. The number of benzene rings is 2. The predicted molar refractivity (Wildman–Crippen MR) is 77.5 cm³/mol. The summed E-state index contributed by atoms with van der Waals surface area (Å²) in [5, 5.41) is 5.46. The van der Waals surface area contributed by atoms with E-state index in [4.69, 9.17) is 0 Å². The minimum Gasteiger partial charge on any atom is -0.327 e. The molecule has 0 saturated carbocycles. The second kappa shape index (κ2) is 6.32. The molecule has 92 valence electrons. The van der Waals surface area contributed by atoms with Crippen LogP contribution in [0.2, 0.25) is 0 Å². The van der Waals surface area contributed by atoms with E-state index in [0.717, 1.165) is 0 Å². The first-order valence-corrected chi connectivity index (χ1v) is 7.35. The fourth-order valence-corrected chi connectivity index (χ4v) is 3.54. The second-order valence-electron chi connectivity index (χ2n) is 3.90. The molecule has 2 aromatic carbocycles. The van der Waals surface area contributed by atoms with Gasteiger partial charge in [0, 0.05) is 17.0 Å². The van der Waals surface area contributed by atoms with E-state index in [9.17, 15) is 4.79 Å². The number of carbonyl (C=O) groups is 1. The zero-order chi connectivity index (χ0) is 12.8. The number of amides is 1. The second-order valence-corrected chi connectivity index (χ2v) is 5.82. The van der Waals surface area contributed by atoms with Gasteiger partial charge in [-0.3, -0.25) is 4.79 Å².